The minimum Gasteiger partial charge on any atom is -0.493 e. The van der Waals surface area contributed by atoms with E-state index in [1.54, 1.807) is 25.1 Å². The monoisotopic (exact) mass is 562 g/mol. The second kappa shape index (κ2) is 11.2. The van der Waals surface area contributed by atoms with E-state index in [2.05, 4.69) is 5.32 Å². The largest absolute Gasteiger partial charge is 0.493 e. The van der Waals surface area contributed by atoms with Gasteiger partial charge in [0.15, 0.2) is 17.3 Å². The fraction of sp³-hybridized carbons (Fsp3) is 0.281. The van der Waals surface area contributed by atoms with Crippen LogP contribution in [0, 0.1) is 5.92 Å². The van der Waals surface area contributed by atoms with Crippen LogP contribution in [0.3, 0.4) is 0 Å². The number of carbonyl (C=O) groups excluding carboxylic acids is 2. The quantitative estimate of drug-likeness (QED) is 0.353. The summed E-state index contributed by atoms with van der Waals surface area (Å²) < 4.78 is 52.4. The molecule has 1 unspecified atom stereocenters. The second-order valence-corrected chi connectivity index (χ2v) is 10.1. The molecular formula is C32H29F3N2O4. The molecule has 0 fully saturated rings. The zero-order chi connectivity index (χ0) is 29.3. The van der Waals surface area contributed by atoms with Crippen molar-refractivity contribution in [3.8, 4) is 11.5 Å². The molecule has 1 amide bonds. The van der Waals surface area contributed by atoms with E-state index >= 15 is 0 Å². The first-order valence-electron chi connectivity index (χ1n) is 13.2. The van der Waals surface area contributed by atoms with E-state index in [1.165, 1.54) is 32.4 Å². The number of benzene rings is 3. The number of hydrogen-bond acceptors (Lipinski definition) is 5. The van der Waals surface area contributed by atoms with E-state index < -0.39 is 29.5 Å². The molecule has 0 bridgehead atoms. The number of anilines is 1. The van der Waals surface area contributed by atoms with Crippen LogP contribution in [0.2, 0.25) is 0 Å². The lowest BCUT2D eigenvalue weighted by Gasteiger charge is -2.37. The van der Waals surface area contributed by atoms with Crippen molar-refractivity contribution in [3.63, 3.8) is 0 Å². The molecule has 6 nitrogen and oxygen atoms in total. The topological polar surface area (TPSA) is 77.0 Å². The average molecular weight is 563 g/mol. The van der Waals surface area contributed by atoms with Crippen LogP contribution in [0.25, 0.3) is 0 Å². The van der Waals surface area contributed by atoms with E-state index in [-0.39, 0.29) is 23.8 Å². The molecule has 1 heterocycles. The number of hydrogen-bond donors (Lipinski definition) is 1. The first-order valence-corrected chi connectivity index (χ1v) is 13.2. The Balaban J connectivity index is 1.63. The van der Waals surface area contributed by atoms with Crippen molar-refractivity contribution in [2.75, 3.05) is 19.5 Å². The number of nitrogens with one attached hydrogen (secondary N) is 1. The van der Waals surface area contributed by atoms with Gasteiger partial charge in [0.2, 0.25) is 5.91 Å². The molecule has 0 radical (unpaired) electrons. The molecule has 3 atom stereocenters. The fourth-order valence-electron chi connectivity index (χ4n) is 5.90. The number of para-hydroxylation sites is 2. The van der Waals surface area contributed by atoms with Crippen LogP contribution in [0.4, 0.5) is 18.9 Å². The van der Waals surface area contributed by atoms with Gasteiger partial charge in [0.05, 0.1) is 31.4 Å². The number of amides is 1. The number of rotatable bonds is 6. The minimum atomic E-state index is -4.67. The fourth-order valence-corrected chi connectivity index (χ4v) is 5.90. The van der Waals surface area contributed by atoms with E-state index in [0.29, 0.717) is 40.5 Å². The van der Waals surface area contributed by atoms with Crippen molar-refractivity contribution in [1.82, 2.24) is 0 Å². The highest BCUT2D eigenvalue weighted by molar-refractivity contribution is 6.13. The number of aliphatic imine (C=N–C) groups is 1. The highest BCUT2D eigenvalue weighted by Crippen LogP contribution is 2.50. The van der Waals surface area contributed by atoms with Crippen LogP contribution in [0.15, 0.2) is 89.1 Å². The van der Waals surface area contributed by atoms with E-state index in [1.807, 2.05) is 30.3 Å². The highest BCUT2D eigenvalue weighted by Gasteiger charge is 2.46. The first-order chi connectivity index (χ1) is 19.6. The normalized spacial score (nSPS) is 20.7. The van der Waals surface area contributed by atoms with Crippen LogP contribution in [0.5, 0.6) is 11.5 Å². The lowest BCUT2D eigenvalue weighted by molar-refractivity contribution is -0.137. The number of carbonyl (C=O) groups is 2. The number of ketones is 1. The lowest BCUT2D eigenvalue weighted by atomic mass is 9.68. The predicted molar refractivity (Wildman–Crippen MR) is 149 cm³/mol. The number of Topliss-reactive ketones (excluding diaryl/α,β-unsaturated/α-hetero) is 1. The van der Waals surface area contributed by atoms with Gasteiger partial charge in [-0.15, -0.1) is 0 Å². The summed E-state index contributed by atoms with van der Waals surface area (Å²) in [6.45, 7) is 1.67. The Morgan fingerprint density at radius 3 is 2.32 bits per heavy atom. The van der Waals surface area contributed by atoms with Gasteiger partial charge in [-0.25, -0.2) is 0 Å². The summed E-state index contributed by atoms with van der Waals surface area (Å²) in [5.74, 6) is -2.15. The molecule has 0 spiro atoms. The Bertz CT molecular complexity index is 1550. The van der Waals surface area contributed by atoms with Gasteiger partial charge in [-0.05, 0) is 43.0 Å². The van der Waals surface area contributed by atoms with E-state index in [4.69, 9.17) is 14.5 Å². The predicted octanol–water partition coefficient (Wildman–Crippen LogP) is 6.94. The number of allylic oxidation sites excluding steroid dienone is 2. The first kappa shape index (κ1) is 28.1. The number of alkyl halides is 3. The van der Waals surface area contributed by atoms with Crippen LogP contribution >= 0.6 is 0 Å². The summed E-state index contributed by atoms with van der Waals surface area (Å²) >= 11 is 0. The Kier molecular flexibility index (Phi) is 7.71. The average Bonchev–Trinajstić information content (AvgIpc) is 2.95. The molecule has 3 aromatic rings. The molecule has 41 heavy (non-hydrogen) atoms. The van der Waals surface area contributed by atoms with Crippen molar-refractivity contribution < 1.29 is 32.2 Å². The maximum Gasteiger partial charge on any atom is 0.418 e. The molecule has 9 heteroatoms. The molecule has 0 aromatic heterocycles. The molecule has 212 valence electrons. The summed E-state index contributed by atoms with van der Waals surface area (Å²) in [6.07, 6.45) is -3.97. The molecule has 3 aromatic carbocycles. The van der Waals surface area contributed by atoms with Crippen LogP contribution in [0.1, 0.15) is 48.3 Å². The standard InChI is InChI=1S/C32H29F3N2O4/c1-18-27(31(39)37-23-14-8-7-13-22(23)32(33,34)35)28(21-12-9-15-26(40-2)30(21)41-3)29-24(36-18)16-20(17-25(29)38)19-10-5-4-6-11-19/h4-15,20,27-28H,16-17H2,1-3H3,(H,37,39)/t20-,27?,28+/m0/s1. The number of halogens is 3. The van der Waals surface area contributed by atoms with Gasteiger partial charge in [0.1, 0.15) is 0 Å². The third kappa shape index (κ3) is 5.36. The Hall–Kier alpha value is -4.40. The van der Waals surface area contributed by atoms with Crippen LogP contribution in [-0.4, -0.2) is 31.6 Å². The third-order valence-electron chi connectivity index (χ3n) is 7.70. The zero-order valence-electron chi connectivity index (χ0n) is 22.8. The Morgan fingerprint density at radius 1 is 0.927 bits per heavy atom. The summed E-state index contributed by atoms with van der Waals surface area (Å²) in [5.41, 5.74) is 1.54. The lowest BCUT2D eigenvalue weighted by Crippen LogP contribution is -2.40. The van der Waals surface area contributed by atoms with Crippen LogP contribution < -0.4 is 14.8 Å². The van der Waals surface area contributed by atoms with E-state index in [9.17, 15) is 22.8 Å². The Morgan fingerprint density at radius 2 is 1.63 bits per heavy atom. The molecular weight excluding hydrogens is 533 g/mol. The van der Waals surface area contributed by atoms with E-state index in [0.717, 1.165) is 11.6 Å². The molecule has 2 aliphatic rings. The van der Waals surface area contributed by atoms with Gasteiger partial charge in [0, 0.05) is 34.9 Å². The Labute approximate surface area is 235 Å². The maximum absolute atomic E-state index is 13.9. The minimum absolute atomic E-state index is 0.0871. The van der Waals surface area contributed by atoms with Gasteiger partial charge in [0.25, 0.3) is 0 Å². The van der Waals surface area contributed by atoms with Gasteiger partial charge < -0.3 is 14.8 Å². The van der Waals surface area contributed by atoms with Gasteiger partial charge in [-0.2, -0.15) is 13.2 Å². The zero-order valence-corrected chi connectivity index (χ0v) is 22.8. The highest BCUT2D eigenvalue weighted by atomic mass is 19.4. The molecule has 1 aliphatic heterocycles. The number of nitrogens with zero attached hydrogens (tertiary/aromatic N) is 1. The van der Waals surface area contributed by atoms with Crippen molar-refractivity contribution in [1.29, 1.82) is 0 Å². The smallest absolute Gasteiger partial charge is 0.418 e. The number of methoxy groups -OCH3 is 2. The summed E-state index contributed by atoms with van der Waals surface area (Å²) in [5, 5.41) is 2.48. The van der Waals surface area contributed by atoms with Gasteiger partial charge in [-0.1, -0.05) is 54.6 Å². The summed E-state index contributed by atoms with van der Waals surface area (Å²) in [4.78, 5) is 32.5. The van der Waals surface area contributed by atoms with Crippen LogP contribution in [-0.2, 0) is 15.8 Å². The van der Waals surface area contributed by atoms with Gasteiger partial charge >= 0.3 is 6.18 Å². The molecule has 0 saturated carbocycles. The third-order valence-corrected chi connectivity index (χ3v) is 7.70. The SMILES string of the molecule is COc1cccc([C@H]2C3=C(C[C@H](c4ccccc4)CC3=O)N=C(C)C2C(=O)Nc2ccccc2C(F)(F)F)c1OC. The van der Waals surface area contributed by atoms with Crippen molar-refractivity contribution in [3.05, 3.63) is 101 Å². The van der Waals surface area contributed by atoms with Crippen molar-refractivity contribution in [2.24, 2.45) is 10.9 Å². The van der Waals surface area contributed by atoms with Crippen molar-refractivity contribution in [2.45, 2.75) is 37.8 Å². The number of ether oxygens (including phenoxy) is 2. The maximum atomic E-state index is 13.9. The van der Waals surface area contributed by atoms with Gasteiger partial charge in [-0.3, -0.25) is 14.6 Å². The molecule has 1 aliphatic carbocycles. The second-order valence-electron chi connectivity index (χ2n) is 10.1. The molecule has 5 rings (SSSR count). The summed E-state index contributed by atoms with van der Waals surface area (Å²) in [7, 11) is 2.94. The summed E-state index contributed by atoms with van der Waals surface area (Å²) in [6, 6.07) is 19.7. The molecule has 0 saturated heterocycles. The molecule has 1 N–H and O–H groups in total. The van der Waals surface area contributed by atoms with Crippen molar-refractivity contribution >= 4 is 23.1 Å².